The highest BCUT2D eigenvalue weighted by Crippen LogP contribution is 2.47. The van der Waals surface area contributed by atoms with Crippen LogP contribution >= 0.6 is 0 Å². The standard InChI is InChI=1S/C15H18O/c1-10-5-4-8-13-11-6-2-3-7-12(11)14(9-16)15(10)13/h2,4,6,8,10,14,16H,3,5,7,9H2,1H3. The molecule has 3 rings (SSSR count). The molecule has 1 N–H and O–H groups in total. The number of aliphatic hydroxyl groups excluding tert-OH is 1. The fourth-order valence-corrected chi connectivity index (χ4v) is 3.36. The quantitative estimate of drug-likeness (QED) is 0.711. The Morgan fingerprint density at radius 2 is 2.06 bits per heavy atom. The van der Waals surface area contributed by atoms with Gasteiger partial charge >= 0.3 is 0 Å². The van der Waals surface area contributed by atoms with Gasteiger partial charge in [0.15, 0.2) is 0 Å². The van der Waals surface area contributed by atoms with Crippen molar-refractivity contribution in [2.75, 3.05) is 6.61 Å². The van der Waals surface area contributed by atoms with E-state index in [0.717, 1.165) is 19.3 Å². The Balaban J connectivity index is 2.12. The van der Waals surface area contributed by atoms with Crippen molar-refractivity contribution in [1.82, 2.24) is 0 Å². The molecular formula is C15H18O. The smallest absolute Gasteiger partial charge is 0.0534 e. The predicted octanol–water partition coefficient (Wildman–Crippen LogP) is 3.15. The molecule has 0 saturated carbocycles. The number of allylic oxidation sites excluding steroid dienone is 6. The first-order valence-electron chi connectivity index (χ1n) is 6.24. The summed E-state index contributed by atoms with van der Waals surface area (Å²) in [6.07, 6.45) is 12.4. The number of aliphatic hydroxyl groups is 1. The van der Waals surface area contributed by atoms with Crippen molar-refractivity contribution in [3.05, 3.63) is 46.6 Å². The monoisotopic (exact) mass is 214 g/mol. The van der Waals surface area contributed by atoms with Crippen LogP contribution in [-0.2, 0) is 0 Å². The number of hydrogen-bond acceptors (Lipinski definition) is 1. The number of hydrogen-bond donors (Lipinski definition) is 1. The summed E-state index contributed by atoms with van der Waals surface area (Å²) in [6, 6.07) is 0. The lowest BCUT2D eigenvalue weighted by atomic mass is 9.82. The third-order valence-corrected chi connectivity index (χ3v) is 4.10. The molecule has 0 aliphatic heterocycles. The van der Waals surface area contributed by atoms with E-state index in [1.165, 1.54) is 22.3 Å². The average Bonchev–Trinajstić information content (AvgIpc) is 2.65. The lowest BCUT2D eigenvalue weighted by Gasteiger charge is -2.23. The van der Waals surface area contributed by atoms with Gasteiger partial charge in [0.25, 0.3) is 0 Å². The van der Waals surface area contributed by atoms with Gasteiger partial charge in [-0.1, -0.05) is 36.8 Å². The minimum atomic E-state index is 0.281. The lowest BCUT2D eigenvalue weighted by molar-refractivity contribution is 0.255. The fourth-order valence-electron chi connectivity index (χ4n) is 3.36. The second-order valence-electron chi connectivity index (χ2n) is 5.02. The molecule has 3 aliphatic carbocycles. The second kappa shape index (κ2) is 3.74. The molecule has 0 aromatic carbocycles. The van der Waals surface area contributed by atoms with Crippen molar-refractivity contribution in [2.24, 2.45) is 11.8 Å². The van der Waals surface area contributed by atoms with Crippen molar-refractivity contribution in [1.29, 1.82) is 0 Å². The van der Waals surface area contributed by atoms with Gasteiger partial charge in [-0.05, 0) is 41.9 Å². The van der Waals surface area contributed by atoms with Crippen LogP contribution < -0.4 is 0 Å². The van der Waals surface area contributed by atoms with Crippen LogP contribution in [0.2, 0.25) is 0 Å². The van der Waals surface area contributed by atoms with Gasteiger partial charge in [0.05, 0.1) is 6.61 Å². The van der Waals surface area contributed by atoms with Gasteiger partial charge in [-0.25, -0.2) is 0 Å². The zero-order valence-corrected chi connectivity index (χ0v) is 9.74. The van der Waals surface area contributed by atoms with E-state index in [1.54, 1.807) is 0 Å². The first kappa shape index (κ1) is 10.1. The zero-order valence-electron chi connectivity index (χ0n) is 9.74. The van der Waals surface area contributed by atoms with E-state index in [1.807, 2.05) is 0 Å². The maximum absolute atomic E-state index is 9.65. The maximum Gasteiger partial charge on any atom is 0.0534 e. The molecular weight excluding hydrogens is 196 g/mol. The van der Waals surface area contributed by atoms with Gasteiger partial charge < -0.3 is 5.11 Å². The molecule has 0 aromatic rings. The Hall–Kier alpha value is -1.08. The van der Waals surface area contributed by atoms with Gasteiger partial charge in [0.1, 0.15) is 0 Å². The Kier molecular flexibility index (Phi) is 2.36. The summed E-state index contributed by atoms with van der Waals surface area (Å²) in [5, 5.41) is 9.65. The Morgan fingerprint density at radius 3 is 2.88 bits per heavy atom. The minimum Gasteiger partial charge on any atom is -0.395 e. The summed E-state index contributed by atoms with van der Waals surface area (Å²) >= 11 is 0. The third kappa shape index (κ3) is 1.28. The number of fused-ring (bicyclic) bond motifs is 1. The molecule has 16 heavy (non-hydrogen) atoms. The Labute approximate surface area is 96.9 Å². The molecule has 0 fully saturated rings. The second-order valence-corrected chi connectivity index (χ2v) is 5.02. The van der Waals surface area contributed by atoms with Crippen molar-refractivity contribution >= 4 is 0 Å². The molecule has 0 radical (unpaired) electrons. The fraction of sp³-hybridized carbons (Fsp3) is 0.467. The summed E-state index contributed by atoms with van der Waals surface area (Å²) in [7, 11) is 0. The summed E-state index contributed by atoms with van der Waals surface area (Å²) in [5.74, 6) is 0.908. The highest BCUT2D eigenvalue weighted by Gasteiger charge is 2.35. The summed E-state index contributed by atoms with van der Waals surface area (Å²) in [5.41, 5.74) is 5.78. The van der Waals surface area contributed by atoms with Crippen LogP contribution in [0.1, 0.15) is 26.2 Å². The van der Waals surface area contributed by atoms with E-state index in [4.69, 9.17) is 0 Å². The van der Waals surface area contributed by atoms with Gasteiger partial charge in [0.2, 0.25) is 0 Å². The van der Waals surface area contributed by atoms with Crippen LogP contribution in [0.25, 0.3) is 0 Å². The highest BCUT2D eigenvalue weighted by molar-refractivity contribution is 5.62. The highest BCUT2D eigenvalue weighted by atomic mass is 16.3. The van der Waals surface area contributed by atoms with E-state index in [0.29, 0.717) is 11.8 Å². The SMILES string of the molecule is CC1CC=CC2=C1C(CO)C1=C2C=CCC1. The minimum absolute atomic E-state index is 0.281. The van der Waals surface area contributed by atoms with Gasteiger partial charge in [0, 0.05) is 5.92 Å². The van der Waals surface area contributed by atoms with Crippen molar-refractivity contribution < 1.29 is 5.11 Å². The molecule has 0 heterocycles. The lowest BCUT2D eigenvalue weighted by Crippen LogP contribution is -2.16. The molecule has 0 spiro atoms. The molecule has 1 heteroatoms. The molecule has 2 atom stereocenters. The van der Waals surface area contributed by atoms with Crippen LogP contribution in [0.3, 0.4) is 0 Å². The van der Waals surface area contributed by atoms with Crippen molar-refractivity contribution in [3.63, 3.8) is 0 Å². The maximum atomic E-state index is 9.65. The van der Waals surface area contributed by atoms with Crippen LogP contribution in [0.4, 0.5) is 0 Å². The summed E-state index contributed by atoms with van der Waals surface area (Å²) in [4.78, 5) is 0. The zero-order chi connectivity index (χ0) is 11.1. The van der Waals surface area contributed by atoms with E-state index in [9.17, 15) is 5.11 Å². The third-order valence-electron chi connectivity index (χ3n) is 4.10. The molecule has 84 valence electrons. The van der Waals surface area contributed by atoms with Gasteiger partial charge in [-0.2, -0.15) is 0 Å². The molecule has 1 nitrogen and oxygen atoms in total. The van der Waals surface area contributed by atoms with Crippen LogP contribution in [0.15, 0.2) is 46.6 Å². The molecule has 0 bridgehead atoms. The van der Waals surface area contributed by atoms with Gasteiger partial charge in [-0.15, -0.1) is 0 Å². The average molecular weight is 214 g/mol. The Morgan fingerprint density at radius 1 is 1.25 bits per heavy atom. The first-order valence-corrected chi connectivity index (χ1v) is 6.24. The van der Waals surface area contributed by atoms with E-state index < -0.39 is 0 Å². The van der Waals surface area contributed by atoms with E-state index in [2.05, 4.69) is 31.2 Å². The van der Waals surface area contributed by atoms with E-state index >= 15 is 0 Å². The van der Waals surface area contributed by atoms with Crippen LogP contribution in [0.5, 0.6) is 0 Å². The van der Waals surface area contributed by atoms with Crippen molar-refractivity contribution in [2.45, 2.75) is 26.2 Å². The van der Waals surface area contributed by atoms with Gasteiger partial charge in [-0.3, -0.25) is 0 Å². The first-order chi connectivity index (χ1) is 7.83. The molecule has 0 saturated heterocycles. The van der Waals surface area contributed by atoms with E-state index in [-0.39, 0.29) is 6.61 Å². The summed E-state index contributed by atoms with van der Waals surface area (Å²) in [6.45, 7) is 2.56. The Bertz CT molecular complexity index is 434. The largest absolute Gasteiger partial charge is 0.395 e. The number of rotatable bonds is 1. The van der Waals surface area contributed by atoms with Crippen LogP contribution in [0, 0.1) is 11.8 Å². The molecule has 0 aromatic heterocycles. The molecule has 0 amide bonds. The molecule has 2 unspecified atom stereocenters. The van der Waals surface area contributed by atoms with Crippen molar-refractivity contribution in [3.8, 4) is 0 Å². The predicted molar refractivity (Wildman–Crippen MR) is 65.9 cm³/mol. The van der Waals surface area contributed by atoms with Crippen LogP contribution in [-0.4, -0.2) is 11.7 Å². The topological polar surface area (TPSA) is 20.2 Å². The molecule has 3 aliphatic rings. The normalized spacial score (nSPS) is 32.1. The summed E-state index contributed by atoms with van der Waals surface area (Å²) < 4.78 is 0.